The van der Waals surface area contributed by atoms with Crippen LogP contribution in [0.2, 0.25) is 0 Å². The van der Waals surface area contributed by atoms with Crippen molar-refractivity contribution < 1.29 is 38.2 Å². The lowest BCUT2D eigenvalue weighted by molar-refractivity contribution is -0.887. The predicted octanol–water partition coefficient (Wildman–Crippen LogP) is 12.5. The molecule has 0 aromatic rings. The van der Waals surface area contributed by atoms with E-state index >= 15 is 0 Å². The predicted molar refractivity (Wildman–Crippen MR) is 243 cm³/mol. The van der Waals surface area contributed by atoms with Crippen molar-refractivity contribution >= 4 is 17.9 Å². The molecule has 0 saturated heterocycles. The summed E-state index contributed by atoms with van der Waals surface area (Å²) in [5, 5.41) is 9.62. The molecule has 0 heterocycles. The number of likely N-dealkylation sites (N-methyl/N-ethyl adjacent to an activating group) is 1. The van der Waals surface area contributed by atoms with E-state index in [2.05, 4.69) is 86.8 Å². The number of nitrogens with zero attached hydrogens (tertiary/aromatic N) is 1. The number of quaternary nitrogens is 1. The van der Waals surface area contributed by atoms with Gasteiger partial charge in [0.05, 0.1) is 34.4 Å². The average molecular weight is 811 g/mol. The van der Waals surface area contributed by atoms with Gasteiger partial charge in [0.1, 0.15) is 6.61 Å². The summed E-state index contributed by atoms with van der Waals surface area (Å²) in [7, 11) is 5.50. The normalized spacial score (nSPS) is 13.7. The Morgan fingerprint density at radius 2 is 1.03 bits per heavy atom. The van der Waals surface area contributed by atoms with Crippen LogP contribution in [0.1, 0.15) is 162 Å². The van der Waals surface area contributed by atoms with Gasteiger partial charge >= 0.3 is 17.9 Å². The molecule has 0 radical (unpaired) electrons. The molecule has 0 aliphatic heterocycles. The van der Waals surface area contributed by atoms with Gasteiger partial charge in [-0.05, 0) is 77.0 Å². The maximum Gasteiger partial charge on any atom is 0.362 e. The van der Waals surface area contributed by atoms with Gasteiger partial charge in [0, 0.05) is 19.3 Å². The molecule has 2 atom stereocenters. The van der Waals surface area contributed by atoms with Crippen molar-refractivity contribution in [2.24, 2.45) is 0 Å². The molecule has 2 unspecified atom stereocenters. The molecule has 0 aliphatic rings. The number of hydrogen-bond acceptors (Lipinski definition) is 6. The summed E-state index contributed by atoms with van der Waals surface area (Å²) in [6, 6.07) is -0.626. The highest BCUT2D eigenvalue weighted by molar-refractivity contribution is 5.72. The number of hydrogen-bond donors (Lipinski definition) is 1. The number of carboxylic acids is 1. The molecule has 0 amide bonds. The Balaban J connectivity index is 4.37. The maximum absolute atomic E-state index is 12.7. The Kier molecular flexibility index (Phi) is 37.9. The number of allylic oxidation sites excluding steroid dienone is 14. The Labute approximate surface area is 354 Å². The summed E-state index contributed by atoms with van der Waals surface area (Å²) in [6.07, 6.45) is 52.0. The van der Waals surface area contributed by atoms with Crippen LogP contribution in [0, 0.1) is 0 Å². The van der Waals surface area contributed by atoms with Crippen molar-refractivity contribution in [3.63, 3.8) is 0 Å². The first-order valence-electron chi connectivity index (χ1n) is 22.7. The second kappa shape index (κ2) is 40.3. The molecule has 0 aromatic heterocycles. The van der Waals surface area contributed by atoms with E-state index in [-0.39, 0.29) is 36.2 Å². The molecule has 0 rings (SSSR count). The molecule has 8 nitrogen and oxygen atoms in total. The first-order valence-corrected chi connectivity index (χ1v) is 22.7. The third kappa shape index (κ3) is 38.1. The average Bonchev–Trinajstić information content (AvgIpc) is 3.18. The summed E-state index contributed by atoms with van der Waals surface area (Å²) >= 11 is 0. The minimum atomic E-state index is -0.886. The summed E-state index contributed by atoms with van der Waals surface area (Å²) < 4.78 is 17.2. The van der Waals surface area contributed by atoms with Crippen molar-refractivity contribution in [2.75, 3.05) is 41.0 Å². The number of rotatable bonds is 39. The molecule has 8 heteroatoms. The molecule has 1 N–H and O–H groups in total. The van der Waals surface area contributed by atoms with Crippen molar-refractivity contribution in [3.05, 3.63) is 85.1 Å². The van der Waals surface area contributed by atoms with E-state index in [1.165, 1.54) is 25.7 Å². The third-order valence-corrected chi connectivity index (χ3v) is 9.59. The highest BCUT2D eigenvalue weighted by Gasteiger charge is 2.31. The topological polar surface area (TPSA) is 99.1 Å². The van der Waals surface area contributed by atoms with Crippen LogP contribution in [0.5, 0.6) is 0 Å². The fourth-order valence-corrected chi connectivity index (χ4v) is 6.07. The van der Waals surface area contributed by atoms with Gasteiger partial charge in [-0.2, -0.15) is 0 Å². The van der Waals surface area contributed by atoms with Crippen molar-refractivity contribution in [1.82, 2.24) is 0 Å². The number of carbonyl (C=O) groups excluding carboxylic acids is 2. The van der Waals surface area contributed by atoms with Crippen LogP contribution in [0.25, 0.3) is 0 Å². The smallest absolute Gasteiger partial charge is 0.362 e. The van der Waals surface area contributed by atoms with E-state index < -0.39 is 18.1 Å². The van der Waals surface area contributed by atoms with Crippen molar-refractivity contribution in [1.29, 1.82) is 0 Å². The van der Waals surface area contributed by atoms with E-state index in [1.807, 2.05) is 33.3 Å². The summed E-state index contributed by atoms with van der Waals surface area (Å²) in [5.41, 5.74) is 0. The number of carbonyl (C=O) groups is 3. The monoisotopic (exact) mass is 811 g/mol. The molecule has 0 saturated carbocycles. The molecular formula is C50H84NO7+. The highest BCUT2D eigenvalue weighted by atomic mass is 16.6. The summed E-state index contributed by atoms with van der Waals surface area (Å²) in [5.74, 6) is -1.53. The number of esters is 2. The van der Waals surface area contributed by atoms with E-state index in [9.17, 15) is 19.5 Å². The Morgan fingerprint density at radius 3 is 1.57 bits per heavy atom. The van der Waals surface area contributed by atoms with Crippen molar-refractivity contribution in [3.8, 4) is 0 Å². The SMILES string of the molecule is CC/C=C/C=C/C=C/CCCCCCCC(=O)OC(COCCC(C(=O)O)[N+](C)(C)C)COC(=O)CCCCCCC/C=C/C/C=C/C/C=C/C/C=C/CCCCC. The molecule has 0 bridgehead atoms. The van der Waals surface area contributed by atoms with Crippen LogP contribution >= 0.6 is 0 Å². The van der Waals surface area contributed by atoms with Crippen LogP contribution < -0.4 is 0 Å². The lowest BCUT2D eigenvalue weighted by Gasteiger charge is -2.31. The van der Waals surface area contributed by atoms with Crippen LogP contribution in [0.3, 0.4) is 0 Å². The van der Waals surface area contributed by atoms with Gasteiger partial charge in [0.25, 0.3) is 0 Å². The molecule has 0 aromatic carbocycles. The van der Waals surface area contributed by atoms with Crippen LogP contribution in [-0.4, -0.2) is 80.6 Å². The van der Waals surface area contributed by atoms with Gasteiger partial charge in [-0.1, -0.05) is 150 Å². The molecule has 0 aliphatic carbocycles. The largest absolute Gasteiger partial charge is 0.477 e. The van der Waals surface area contributed by atoms with Crippen molar-refractivity contribution in [2.45, 2.75) is 174 Å². The number of ether oxygens (including phenoxy) is 3. The van der Waals surface area contributed by atoms with E-state index in [1.54, 1.807) is 0 Å². The van der Waals surface area contributed by atoms with Gasteiger partial charge < -0.3 is 23.8 Å². The lowest BCUT2D eigenvalue weighted by atomic mass is 10.1. The fraction of sp³-hybridized carbons (Fsp3) is 0.660. The van der Waals surface area contributed by atoms with Crippen LogP contribution in [0.4, 0.5) is 0 Å². The zero-order valence-corrected chi connectivity index (χ0v) is 37.5. The fourth-order valence-electron chi connectivity index (χ4n) is 6.07. The third-order valence-electron chi connectivity index (χ3n) is 9.59. The molecule has 330 valence electrons. The first-order chi connectivity index (χ1) is 28.1. The molecule has 0 fully saturated rings. The zero-order valence-electron chi connectivity index (χ0n) is 37.5. The number of carboxylic acid groups (broad SMARTS) is 1. The lowest BCUT2D eigenvalue weighted by Crippen LogP contribution is -2.50. The van der Waals surface area contributed by atoms with Gasteiger partial charge in [0.2, 0.25) is 0 Å². The van der Waals surface area contributed by atoms with E-state index in [4.69, 9.17) is 14.2 Å². The van der Waals surface area contributed by atoms with Gasteiger partial charge in [0.15, 0.2) is 12.1 Å². The van der Waals surface area contributed by atoms with Gasteiger partial charge in [-0.3, -0.25) is 9.59 Å². The second-order valence-corrected chi connectivity index (χ2v) is 16.0. The number of unbranched alkanes of at least 4 members (excludes halogenated alkanes) is 13. The summed E-state index contributed by atoms with van der Waals surface area (Å²) in [4.78, 5) is 37.0. The molecule has 58 heavy (non-hydrogen) atoms. The summed E-state index contributed by atoms with van der Waals surface area (Å²) in [6.45, 7) is 4.51. The van der Waals surface area contributed by atoms with E-state index in [0.717, 1.165) is 103 Å². The standard InChI is InChI=1S/C50H83NO7/c1-6-8-10-12-14-16-18-20-21-22-23-24-25-26-27-29-30-32-34-36-38-40-48(52)57-45-46(44-56-43-42-47(50(54)55)51(3,4)5)58-49(53)41-39-37-35-33-31-28-19-17-15-13-11-9-7-2/h9,11,13-17,19-21,23-24,26-27,46-47H,6-8,10,12,18,22,25,28-45H2,1-5H3/p+1/b11-9+,15-13+,16-14+,19-17+,21-20+,24-23+,27-26+. The van der Waals surface area contributed by atoms with E-state index in [0.29, 0.717) is 19.3 Å². The minimum Gasteiger partial charge on any atom is -0.477 e. The maximum atomic E-state index is 12.7. The van der Waals surface area contributed by atoms with Crippen LogP contribution in [-0.2, 0) is 28.6 Å². The van der Waals surface area contributed by atoms with Gasteiger partial charge in [-0.15, -0.1) is 0 Å². The zero-order chi connectivity index (χ0) is 42.8. The quantitative estimate of drug-likeness (QED) is 0.0217. The Bertz CT molecular complexity index is 1220. The Morgan fingerprint density at radius 1 is 0.552 bits per heavy atom. The number of aliphatic carboxylic acids is 1. The Hall–Kier alpha value is -3.49. The molecule has 0 spiro atoms. The van der Waals surface area contributed by atoms with Gasteiger partial charge in [-0.25, -0.2) is 4.79 Å². The minimum absolute atomic E-state index is 0.0412. The first kappa shape index (κ1) is 54.5. The highest BCUT2D eigenvalue weighted by Crippen LogP contribution is 2.13. The van der Waals surface area contributed by atoms with Crippen LogP contribution in [0.15, 0.2) is 85.1 Å². The second-order valence-electron chi connectivity index (χ2n) is 16.0. The molecular weight excluding hydrogens is 727 g/mol.